The van der Waals surface area contributed by atoms with Crippen molar-refractivity contribution >= 4 is 12.4 Å². The van der Waals surface area contributed by atoms with Crippen molar-refractivity contribution in [1.82, 2.24) is 0 Å². The van der Waals surface area contributed by atoms with Crippen LogP contribution in [0.2, 0.25) is 0 Å². The van der Waals surface area contributed by atoms with E-state index in [0.717, 1.165) is 0 Å². The molecule has 0 aromatic rings. The molecule has 90 valence electrons. The summed E-state index contributed by atoms with van der Waals surface area (Å²) >= 11 is 0. The average Bonchev–Trinajstić information content (AvgIpc) is 2.17. The lowest BCUT2D eigenvalue weighted by Gasteiger charge is -1.90. The van der Waals surface area contributed by atoms with Crippen molar-refractivity contribution in [2.45, 2.75) is 85.5 Å². The molecular formula is C13H31Cl. The van der Waals surface area contributed by atoms with E-state index < -0.39 is 0 Å². The maximum absolute atomic E-state index is 2.25. The maximum atomic E-state index is 2.25. The minimum absolute atomic E-state index is 0. The molecule has 0 heterocycles. The van der Waals surface area contributed by atoms with Gasteiger partial charge in [0.1, 0.15) is 0 Å². The van der Waals surface area contributed by atoms with Crippen LogP contribution in [0.25, 0.3) is 0 Å². The van der Waals surface area contributed by atoms with Crippen LogP contribution >= 0.6 is 12.4 Å². The molecule has 0 atom stereocenters. The van der Waals surface area contributed by atoms with Crippen molar-refractivity contribution < 1.29 is 0 Å². The molecule has 0 aliphatic carbocycles. The first-order chi connectivity index (χ1) is 6.33. The summed E-state index contributed by atoms with van der Waals surface area (Å²) in [7, 11) is 0. The van der Waals surface area contributed by atoms with Crippen LogP contribution in [0.15, 0.2) is 0 Å². The first kappa shape index (κ1) is 19.8. The second kappa shape index (κ2) is 23.3. The lowest BCUT2D eigenvalue weighted by Crippen LogP contribution is -1.70. The van der Waals surface area contributed by atoms with Gasteiger partial charge in [-0.3, -0.25) is 0 Å². The zero-order valence-corrected chi connectivity index (χ0v) is 11.6. The van der Waals surface area contributed by atoms with Crippen molar-refractivity contribution in [1.29, 1.82) is 0 Å². The summed E-state index contributed by atoms with van der Waals surface area (Å²) in [5.74, 6) is 0. The van der Waals surface area contributed by atoms with Crippen molar-refractivity contribution in [2.24, 2.45) is 0 Å². The monoisotopic (exact) mass is 222 g/mol. The molecule has 0 aliphatic rings. The Labute approximate surface area is 98.3 Å². The van der Waals surface area contributed by atoms with Gasteiger partial charge in [0.05, 0.1) is 0 Å². The van der Waals surface area contributed by atoms with Gasteiger partial charge in [-0.15, -0.1) is 12.4 Å². The number of hydrogen-bond donors (Lipinski definition) is 0. The number of hydrogen-bond acceptors (Lipinski definition) is 0. The molecule has 0 unspecified atom stereocenters. The summed E-state index contributed by atoms with van der Waals surface area (Å²) in [5.41, 5.74) is 0. The lowest BCUT2D eigenvalue weighted by atomic mass is 10.2. The quantitative estimate of drug-likeness (QED) is 0.465. The molecule has 0 aromatic heterocycles. The van der Waals surface area contributed by atoms with E-state index in [9.17, 15) is 0 Å². The first-order valence-electron chi connectivity index (χ1n) is 6.33. The summed E-state index contributed by atoms with van der Waals surface area (Å²) in [6, 6.07) is 0. The van der Waals surface area contributed by atoms with Gasteiger partial charge in [0.25, 0.3) is 0 Å². The molecule has 0 nitrogen and oxygen atoms in total. The highest BCUT2D eigenvalue weighted by atomic mass is 35.5. The Bertz CT molecular complexity index is 54.3. The van der Waals surface area contributed by atoms with Crippen LogP contribution in [0.1, 0.15) is 85.5 Å². The van der Waals surface area contributed by atoms with Gasteiger partial charge in [0, 0.05) is 0 Å². The molecule has 0 bridgehead atoms. The predicted octanol–water partition coefficient (Wildman–Crippen LogP) is 5.99. The molecule has 0 saturated carbocycles. The fourth-order valence-electron chi connectivity index (χ4n) is 1.18. The van der Waals surface area contributed by atoms with Gasteiger partial charge in [0.15, 0.2) is 0 Å². The molecule has 0 saturated heterocycles. The van der Waals surface area contributed by atoms with Crippen LogP contribution in [0.4, 0.5) is 0 Å². The Hall–Kier alpha value is 0.290. The van der Waals surface area contributed by atoms with E-state index in [1.165, 1.54) is 57.8 Å². The molecule has 0 rings (SSSR count). The fraction of sp³-hybridized carbons (Fsp3) is 1.00. The van der Waals surface area contributed by atoms with Crippen LogP contribution in [0.3, 0.4) is 0 Å². The summed E-state index contributed by atoms with van der Waals surface area (Å²) in [6.45, 7) is 8.95. The Kier molecular flexibility index (Phi) is 32.9. The summed E-state index contributed by atoms with van der Waals surface area (Å²) in [4.78, 5) is 0. The summed E-state index contributed by atoms with van der Waals surface area (Å²) in [5, 5.41) is 0. The van der Waals surface area contributed by atoms with E-state index in [1.807, 2.05) is 0 Å². The highest BCUT2D eigenvalue weighted by molar-refractivity contribution is 5.85. The van der Waals surface area contributed by atoms with E-state index in [2.05, 4.69) is 27.7 Å². The number of rotatable bonds is 7. The number of unbranched alkanes of at least 4 members (excludes halogenated alkanes) is 7. The third-order valence-electron chi connectivity index (χ3n) is 2.16. The highest BCUT2D eigenvalue weighted by Gasteiger charge is 1.80. The normalized spacial score (nSPS) is 8.57. The van der Waals surface area contributed by atoms with Crippen LogP contribution in [0, 0.1) is 0 Å². The summed E-state index contributed by atoms with van der Waals surface area (Å²) < 4.78 is 0. The molecule has 14 heavy (non-hydrogen) atoms. The minimum Gasteiger partial charge on any atom is -0.147 e. The standard InChI is InChI=1S/C7H16.C6H14.ClH/c1-3-5-7-6-4-2;1-3-5-6-4-2;/h3-7H2,1-2H3;3-6H2,1-2H3;1H. The second-order valence-corrected chi connectivity index (χ2v) is 3.77. The maximum Gasteiger partial charge on any atom is -0.0533 e. The predicted molar refractivity (Wildman–Crippen MR) is 71.5 cm³/mol. The van der Waals surface area contributed by atoms with Crippen molar-refractivity contribution in [3.8, 4) is 0 Å². The topological polar surface area (TPSA) is 0 Å². The molecular weight excluding hydrogens is 192 g/mol. The van der Waals surface area contributed by atoms with Gasteiger partial charge in [-0.2, -0.15) is 0 Å². The second-order valence-electron chi connectivity index (χ2n) is 3.77. The third-order valence-corrected chi connectivity index (χ3v) is 2.16. The van der Waals surface area contributed by atoms with Crippen LogP contribution in [0.5, 0.6) is 0 Å². The third kappa shape index (κ3) is 29.5. The first-order valence-corrected chi connectivity index (χ1v) is 6.33. The molecule has 0 aliphatic heterocycles. The van der Waals surface area contributed by atoms with Gasteiger partial charge in [-0.1, -0.05) is 85.5 Å². The fourth-order valence-corrected chi connectivity index (χ4v) is 1.18. The Balaban J connectivity index is -0.000000163. The molecule has 0 N–H and O–H groups in total. The van der Waals surface area contributed by atoms with E-state index >= 15 is 0 Å². The van der Waals surface area contributed by atoms with Crippen molar-refractivity contribution in [3.05, 3.63) is 0 Å². The van der Waals surface area contributed by atoms with Gasteiger partial charge in [0.2, 0.25) is 0 Å². The summed E-state index contributed by atoms with van der Waals surface area (Å²) in [6.07, 6.45) is 12.5. The van der Waals surface area contributed by atoms with Crippen molar-refractivity contribution in [3.63, 3.8) is 0 Å². The Morgan fingerprint density at radius 2 is 0.643 bits per heavy atom. The van der Waals surface area contributed by atoms with Gasteiger partial charge >= 0.3 is 0 Å². The Morgan fingerprint density at radius 1 is 0.429 bits per heavy atom. The van der Waals surface area contributed by atoms with Crippen molar-refractivity contribution in [2.75, 3.05) is 0 Å². The molecule has 0 amide bonds. The van der Waals surface area contributed by atoms with Gasteiger partial charge < -0.3 is 0 Å². The van der Waals surface area contributed by atoms with E-state index in [1.54, 1.807) is 0 Å². The van der Waals surface area contributed by atoms with Gasteiger partial charge in [-0.05, 0) is 0 Å². The van der Waals surface area contributed by atoms with E-state index in [-0.39, 0.29) is 12.4 Å². The van der Waals surface area contributed by atoms with Crippen LogP contribution in [-0.4, -0.2) is 0 Å². The molecule has 0 radical (unpaired) electrons. The molecule has 0 aromatic carbocycles. The molecule has 1 heteroatoms. The van der Waals surface area contributed by atoms with E-state index in [0.29, 0.717) is 0 Å². The zero-order valence-electron chi connectivity index (χ0n) is 10.8. The average molecular weight is 223 g/mol. The minimum atomic E-state index is 0. The van der Waals surface area contributed by atoms with Crippen LogP contribution in [-0.2, 0) is 0 Å². The Morgan fingerprint density at radius 3 is 0.857 bits per heavy atom. The molecule has 0 fully saturated rings. The SMILES string of the molecule is CCCCCC.CCCCCCC.Cl. The lowest BCUT2D eigenvalue weighted by molar-refractivity contribution is 0.656. The largest absolute Gasteiger partial charge is 0.147 e. The highest BCUT2D eigenvalue weighted by Crippen LogP contribution is 2.00. The van der Waals surface area contributed by atoms with Crippen LogP contribution < -0.4 is 0 Å². The van der Waals surface area contributed by atoms with E-state index in [4.69, 9.17) is 0 Å². The van der Waals surface area contributed by atoms with Gasteiger partial charge in [-0.25, -0.2) is 0 Å². The smallest absolute Gasteiger partial charge is 0.0533 e. The number of halogens is 1. The zero-order chi connectivity index (χ0) is 10.4. The molecule has 0 spiro atoms.